The van der Waals surface area contributed by atoms with Gasteiger partial charge >= 0.3 is 0 Å². The topological polar surface area (TPSA) is 97.2 Å². The molecule has 2 heterocycles. The Bertz CT molecular complexity index is 894. The minimum atomic E-state index is -0.716. The third-order valence-electron chi connectivity index (χ3n) is 4.57. The van der Waals surface area contributed by atoms with Gasteiger partial charge in [-0.15, -0.1) is 0 Å². The van der Waals surface area contributed by atoms with Crippen molar-refractivity contribution in [3.05, 3.63) is 60.4 Å². The summed E-state index contributed by atoms with van der Waals surface area (Å²) in [5.74, 6) is 1.83. The molecule has 1 atom stereocenters. The van der Waals surface area contributed by atoms with Gasteiger partial charge in [0.1, 0.15) is 11.8 Å². The summed E-state index contributed by atoms with van der Waals surface area (Å²) in [4.78, 5) is 4.24. The van der Waals surface area contributed by atoms with Crippen LogP contribution in [-0.4, -0.2) is 26.4 Å². The van der Waals surface area contributed by atoms with E-state index in [0.717, 1.165) is 24.1 Å². The Morgan fingerprint density at radius 3 is 2.69 bits per heavy atom. The molecule has 1 fully saturated rings. The Morgan fingerprint density at radius 1 is 1.23 bits per heavy atom. The third-order valence-corrected chi connectivity index (χ3v) is 4.57. The fraction of sp³-hybridized carbons (Fsp3) is 0.316. The molecular formula is C19H20N4O3. The van der Waals surface area contributed by atoms with E-state index in [4.69, 9.17) is 9.05 Å². The van der Waals surface area contributed by atoms with Crippen LogP contribution in [0.15, 0.2) is 52.0 Å². The Morgan fingerprint density at radius 2 is 2.00 bits per heavy atom. The first-order valence-electron chi connectivity index (χ1n) is 8.59. The zero-order valence-electron chi connectivity index (χ0n) is 14.4. The molecule has 4 rings (SSSR count). The lowest BCUT2D eigenvalue weighted by Gasteiger charge is -2.34. The molecule has 0 spiro atoms. The van der Waals surface area contributed by atoms with Gasteiger partial charge in [0.15, 0.2) is 11.6 Å². The van der Waals surface area contributed by atoms with Crippen molar-refractivity contribution in [2.45, 2.75) is 37.8 Å². The highest BCUT2D eigenvalue weighted by molar-refractivity contribution is 5.65. The van der Waals surface area contributed by atoms with Crippen molar-refractivity contribution in [2.24, 2.45) is 0 Å². The number of aliphatic hydroxyl groups is 1. The molecule has 7 nitrogen and oxygen atoms in total. The Labute approximate surface area is 150 Å². The maximum absolute atomic E-state index is 9.47. The van der Waals surface area contributed by atoms with Crippen LogP contribution in [0.4, 0.5) is 0 Å². The zero-order chi connectivity index (χ0) is 18.1. The molecule has 1 aliphatic carbocycles. The maximum atomic E-state index is 9.47. The predicted octanol–water partition coefficient (Wildman–Crippen LogP) is 3.28. The third kappa shape index (κ3) is 3.25. The number of benzene rings is 1. The SMILES string of the molecule is C=C(N[C@H]1C[C@@H](c2nc([C@@H](C)O)no2)C1)c1cc(-c2ccccc2)on1. The molecule has 1 saturated carbocycles. The molecule has 1 aliphatic rings. The first-order valence-corrected chi connectivity index (χ1v) is 8.59. The fourth-order valence-corrected chi connectivity index (χ4v) is 3.00. The molecule has 0 bridgehead atoms. The molecule has 2 N–H and O–H groups in total. The van der Waals surface area contributed by atoms with Crippen LogP contribution >= 0.6 is 0 Å². The van der Waals surface area contributed by atoms with Crippen molar-refractivity contribution in [3.8, 4) is 11.3 Å². The summed E-state index contributed by atoms with van der Waals surface area (Å²) in [6.45, 7) is 5.68. The molecule has 0 aliphatic heterocycles. The lowest BCUT2D eigenvalue weighted by Crippen LogP contribution is -2.39. The normalized spacial score (nSPS) is 20.4. The highest BCUT2D eigenvalue weighted by Gasteiger charge is 2.35. The second-order valence-corrected chi connectivity index (χ2v) is 6.60. The van der Waals surface area contributed by atoms with Crippen molar-refractivity contribution < 1.29 is 14.2 Å². The number of nitrogens with zero attached hydrogens (tertiary/aromatic N) is 3. The Balaban J connectivity index is 1.33. The van der Waals surface area contributed by atoms with E-state index in [1.807, 2.05) is 36.4 Å². The monoisotopic (exact) mass is 352 g/mol. The lowest BCUT2D eigenvalue weighted by atomic mass is 9.80. The van der Waals surface area contributed by atoms with Crippen molar-refractivity contribution >= 4 is 5.70 Å². The quantitative estimate of drug-likeness (QED) is 0.702. The average molecular weight is 352 g/mol. The molecule has 2 aromatic heterocycles. The van der Waals surface area contributed by atoms with Crippen LogP contribution in [0.5, 0.6) is 0 Å². The summed E-state index contributed by atoms with van der Waals surface area (Å²) in [5.41, 5.74) is 2.41. The van der Waals surface area contributed by atoms with E-state index in [1.54, 1.807) is 6.92 Å². The molecule has 26 heavy (non-hydrogen) atoms. The molecule has 0 unspecified atom stereocenters. The van der Waals surface area contributed by atoms with Gasteiger partial charge in [-0.2, -0.15) is 4.98 Å². The highest BCUT2D eigenvalue weighted by atomic mass is 16.5. The largest absolute Gasteiger partial charge is 0.385 e. The summed E-state index contributed by atoms with van der Waals surface area (Å²) in [5, 5.41) is 20.7. The Hall–Kier alpha value is -2.93. The maximum Gasteiger partial charge on any atom is 0.230 e. The summed E-state index contributed by atoms with van der Waals surface area (Å²) in [6, 6.07) is 12.0. The zero-order valence-corrected chi connectivity index (χ0v) is 14.4. The second-order valence-electron chi connectivity index (χ2n) is 6.60. The summed E-state index contributed by atoms with van der Waals surface area (Å²) in [6.07, 6.45) is 1.01. The van der Waals surface area contributed by atoms with Crippen LogP contribution in [-0.2, 0) is 0 Å². The van der Waals surface area contributed by atoms with Gasteiger partial charge in [0.2, 0.25) is 5.89 Å². The summed E-state index contributed by atoms with van der Waals surface area (Å²) < 4.78 is 10.6. The van der Waals surface area contributed by atoms with Gasteiger partial charge in [-0.3, -0.25) is 0 Å². The first-order chi connectivity index (χ1) is 12.6. The van der Waals surface area contributed by atoms with E-state index in [2.05, 4.69) is 27.2 Å². The number of rotatable bonds is 6. The van der Waals surface area contributed by atoms with E-state index < -0.39 is 6.10 Å². The van der Waals surface area contributed by atoms with Gasteiger partial charge in [0.05, 0.1) is 5.70 Å². The van der Waals surface area contributed by atoms with E-state index in [9.17, 15) is 5.11 Å². The number of hydrogen-bond acceptors (Lipinski definition) is 7. The standard InChI is InChI=1S/C19H20N4O3/c1-11(16-10-17(25-22-16)13-6-4-3-5-7-13)20-15-8-14(9-15)19-21-18(12(2)24)23-26-19/h3-7,10,12,14-15,20,24H,1,8-9H2,2H3/t12-,14-,15+/m1/s1. The molecule has 1 aromatic carbocycles. The van der Waals surface area contributed by atoms with Gasteiger partial charge in [0, 0.05) is 23.6 Å². The minimum Gasteiger partial charge on any atom is -0.385 e. The molecule has 0 amide bonds. The predicted molar refractivity (Wildman–Crippen MR) is 94.8 cm³/mol. The molecule has 0 saturated heterocycles. The molecule has 0 radical (unpaired) electrons. The Kier molecular flexibility index (Phi) is 4.30. The highest BCUT2D eigenvalue weighted by Crippen LogP contribution is 2.37. The van der Waals surface area contributed by atoms with Gasteiger partial charge in [-0.05, 0) is 19.8 Å². The van der Waals surface area contributed by atoms with Crippen LogP contribution < -0.4 is 5.32 Å². The molecular weight excluding hydrogens is 332 g/mol. The molecule has 7 heteroatoms. The number of nitrogens with one attached hydrogen (secondary N) is 1. The van der Waals surface area contributed by atoms with Gasteiger partial charge in [0.25, 0.3) is 0 Å². The smallest absolute Gasteiger partial charge is 0.230 e. The van der Waals surface area contributed by atoms with E-state index >= 15 is 0 Å². The van der Waals surface area contributed by atoms with E-state index in [1.165, 1.54) is 0 Å². The number of aromatic nitrogens is 3. The average Bonchev–Trinajstić information content (AvgIpc) is 3.28. The van der Waals surface area contributed by atoms with Gasteiger partial charge in [-0.25, -0.2) is 0 Å². The summed E-state index contributed by atoms with van der Waals surface area (Å²) >= 11 is 0. The van der Waals surface area contributed by atoms with E-state index in [0.29, 0.717) is 23.2 Å². The number of hydrogen-bond donors (Lipinski definition) is 2. The fourth-order valence-electron chi connectivity index (χ4n) is 3.00. The van der Waals surface area contributed by atoms with Crippen molar-refractivity contribution in [1.82, 2.24) is 20.6 Å². The molecule has 134 valence electrons. The minimum absolute atomic E-state index is 0.206. The van der Waals surface area contributed by atoms with E-state index in [-0.39, 0.29) is 12.0 Å². The van der Waals surface area contributed by atoms with Crippen LogP contribution in [0.25, 0.3) is 17.0 Å². The van der Waals surface area contributed by atoms with Gasteiger partial charge < -0.3 is 19.5 Å². The van der Waals surface area contributed by atoms with Crippen LogP contribution in [0.1, 0.15) is 49.2 Å². The van der Waals surface area contributed by atoms with Crippen LogP contribution in [0, 0.1) is 0 Å². The lowest BCUT2D eigenvalue weighted by molar-refractivity contribution is 0.183. The van der Waals surface area contributed by atoms with Crippen molar-refractivity contribution in [2.75, 3.05) is 0 Å². The van der Waals surface area contributed by atoms with Crippen LogP contribution in [0.3, 0.4) is 0 Å². The first kappa shape index (κ1) is 16.5. The molecule has 3 aromatic rings. The van der Waals surface area contributed by atoms with Crippen LogP contribution in [0.2, 0.25) is 0 Å². The number of aliphatic hydroxyl groups excluding tert-OH is 1. The summed E-state index contributed by atoms with van der Waals surface area (Å²) in [7, 11) is 0. The van der Waals surface area contributed by atoms with Crippen molar-refractivity contribution in [3.63, 3.8) is 0 Å². The van der Waals surface area contributed by atoms with Gasteiger partial charge in [-0.1, -0.05) is 47.2 Å². The second kappa shape index (κ2) is 6.76. The van der Waals surface area contributed by atoms with Crippen molar-refractivity contribution in [1.29, 1.82) is 0 Å².